The minimum Gasteiger partial charge on any atom is -0.480 e. The van der Waals surface area contributed by atoms with Gasteiger partial charge in [-0.1, -0.05) is 24.3 Å². The lowest BCUT2D eigenvalue weighted by Gasteiger charge is -2.30. The number of piperidine rings is 1. The van der Waals surface area contributed by atoms with Crippen molar-refractivity contribution < 1.29 is 9.90 Å². The van der Waals surface area contributed by atoms with Crippen LogP contribution in [0.2, 0.25) is 0 Å². The van der Waals surface area contributed by atoms with E-state index in [-0.39, 0.29) is 6.54 Å². The molecule has 6 nitrogen and oxygen atoms in total. The van der Waals surface area contributed by atoms with Gasteiger partial charge in [0, 0.05) is 30.2 Å². The van der Waals surface area contributed by atoms with Crippen LogP contribution in [0, 0.1) is 0 Å². The molecule has 0 spiro atoms. The molecule has 1 aliphatic rings. The molecule has 0 bridgehead atoms. The number of benzene rings is 1. The van der Waals surface area contributed by atoms with Crippen molar-refractivity contribution in [1.29, 1.82) is 0 Å². The fourth-order valence-electron chi connectivity index (χ4n) is 3.43. The normalized spacial score (nSPS) is 16.3. The van der Waals surface area contributed by atoms with E-state index in [2.05, 4.69) is 23.4 Å². The summed E-state index contributed by atoms with van der Waals surface area (Å²) in [5.41, 5.74) is 2.92. The van der Waals surface area contributed by atoms with Crippen LogP contribution < -0.4 is 0 Å². The lowest BCUT2D eigenvalue weighted by atomic mass is 10.1. The molecular weight excluding hydrogens is 316 g/mol. The highest BCUT2D eigenvalue weighted by Gasteiger charge is 2.22. The number of carbonyl (C=O) groups is 1. The maximum atomic E-state index is 10.8. The quantitative estimate of drug-likeness (QED) is 0.793. The molecule has 128 valence electrons. The van der Waals surface area contributed by atoms with Gasteiger partial charge in [0.1, 0.15) is 0 Å². The van der Waals surface area contributed by atoms with E-state index >= 15 is 0 Å². The first kappa shape index (κ1) is 15.8. The molecule has 0 atom stereocenters. The maximum Gasteiger partial charge on any atom is 0.317 e. The molecule has 1 aromatic carbocycles. The van der Waals surface area contributed by atoms with Crippen molar-refractivity contribution in [2.75, 3.05) is 19.6 Å². The monoisotopic (exact) mass is 336 g/mol. The van der Waals surface area contributed by atoms with Gasteiger partial charge >= 0.3 is 5.97 Å². The molecule has 0 radical (unpaired) electrons. The second-order valence-corrected chi connectivity index (χ2v) is 6.50. The number of rotatable bonds is 4. The van der Waals surface area contributed by atoms with Crippen LogP contribution >= 0.6 is 0 Å². The van der Waals surface area contributed by atoms with Crippen molar-refractivity contribution in [1.82, 2.24) is 19.7 Å². The third kappa shape index (κ3) is 3.39. The smallest absolute Gasteiger partial charge is 0.317 e. The zero-order valence-corrected chi connectivity index (χ0v) is 13.9. The Morgan fingerprint density at radius 1 is 1.16 bits per heavy atom. The summed E-state index contributed by atoms with van der Waals surface area (Å²) in [5, 5.41) is 14.5. The SMILES string of the molecule is O=C(O)CN1CCC(n2cc(-c3ccc4ccccc4n3)cn2)CC1. The molecule has 3 aromatic rings. The minimum atomic E-state index is -0.762. The van der Waals surface area contributed by atoms with E-state index in [4.69, 9.17) is 10.1 Å². The van der Waals surface area contributed by atoms with Gasteiger partial charge in [-0.05, 0) is 25.0 Å². The third-order valence-corrected chi connectivity index (χ3v) is 4.79. The third-order valence-electron chi connectivity index (χ3n) is 4.79. The fourth-order valence-corrected chi connectivity index (χ4v) is 3.43. The molecule has 0 saturated carbocycles. The van der Waals surface area contributed by atoms with Crippen molar-refractivity contribution in [2.24, 2.45) is 0 Å². The van der Waals surface area contributed by atoms with Gasteiger partial charge in [0.25, 0.3) is 0 Å². The number of hydrogen-bond donors (Lipinski definition) is 1. The van der Waals surface area contributed by atoms with E-state index in [1.807, 2.05) is 40.0 Å². The standard InChI is InChI=1S/C19H20N4O2/c24-19(25)13-22-9-7-16(8-10-22)23-12-15(11-20-23)18-6-5-14-3-1-2-4-17(14)21-18/h1-6,11-12,16H,7-10,13H2,(H,24,25). The molecule has 4 rings (SSSR count). The zero-order valence-electron chi connectivity index (χ0n) is 13.9. The van der Waals surface area contributed by atoms with E-state index in [9.17, 15) is 4.79 Å². The Hall–Kier alpha value is -2.73. The Labute approximate surface area is 145 Å². The van der Waals surface area contributed by atoms with Crippen molar-refractivity contribution in [3.8, 4) is 11.3 Å². The summed E-state index contributed by atoms with van der Waals surface area (Å²) in [6, 6.07) is 12.5. The Balaban J connectivity index is 1.49. The van der Waals surface area contributed by atoms with Gasteiger partial charge in [-0.3, -0.25) is 14.4 Å². The summed E-state index contributed by atoms with van der Waals surface area (Å²) in [6.45, 7) is 1.71. The summed E-state index contributed by atoms with van der Waals surface area (Å²) in [7, 11) is 0. The molecule has 0 aliphatic carbocycles. The Morgan fingerprint density at radius 2 is 1.96 bits per heavy atom. The molecular formula is C19H20N4O2. The molecule has 25 heavy (non-hydrogen) atoms. The predicted octanol–water partition coefficient (Wildman–Crippen LogP) is 2.82. The van der Waals surface area contributed by atoms with Crippen LogP contribution in [-0.2, 0) is 4.79 Å². The number of fused-ring (bicyclic) bond motifs is 1. The molecule has 0 amide bonds. The van der Waals surface area contributed by atoms with E-state index in [1.165, 1.54) is 0 Å². The number of nitrogens with zero attached hydrogens (tertiary/aromatic N) is 4. The number of carboxylic acid groups (broad SMARTS) is 1. The lowest BCUT2D eigenvalue weighted by Crippen LogP contribution is -2.38. The number of aromatic nitrogens is 3. The average Bonchev–Trinajstić information content (AvgIpc) is 3.11. The van der Waals surface area contributed by atoms with Crippen molar-refractivity contribution >= 4 is 16.9 Å². The van der Waals surface area contributed by atoms with Gasteiger partial charge < -0.3 is 5.11 Å². The number of aliphatic carboxylic acids is 1. The lowest BCUT2D eigenvalue weighted by molar-refractivity contribution is -0.138. The molecule has 3 heterocycles. The summed E-state index contributed by atoms with van der Waals surface area (Å²) in [5.74, 6) is -0.762. The van der Waals surface area contributed by atoms with Crippen LogP contribution in [0.3, 0.4) is 0 Å². The summed E-state index contributed by atoms with van der Waals surface area (Å²) in [6.07, 6.45) is 5.74. The highest BCUT2D eigenvalue weighted by Crippen LogP contribution is 2.25. The van der Waals surface area contributed by atoms with Crippen LogP contribution in [-0.4, -0.2) is 50.4 Å². The first-order valence-electron chi connectivity index (χ1n) is 8.53. The molecule has 6 heteroatoms. The Morgan fingerprint density at radius 3 is 2.76 bits per heavy atom. The topological polar surface area (TPSA) is 71.2 Å². The molecule has 2 aromatic heterocycles. The molecule has 1 N–H and O–H groups in total. The summed E-state index contributed by atoms with van der Waals surface area (Å²) in [4.78, 5) is 17.5. The maximum absolute atomic E-state index is 10.8. The van der Waals surface area contributed by atoms with Gasteiger partial charge in [-0.25, -0.2) is 4.98 Å². The number of hydrogen-bond acceptors (Lipinski definition) is 4. The van der Waals surface area contributed by atoms with Crippen LogP contribution in [0.15, 0.2) is 48.8 Å². The van der Waals surface area contributed by atoms with E-state index < -0.39 is 5.97 Å². The highest BCUT2D eigenvalue weighted by atomic mass is 16.4. The minimum absolute atomic E-state index is 0.123. The van der Waals surface area contributed by atoms with E-state index in [0.29, 0.717) is 6.04 Å². The van der Waals surface area contributed by atoms with Gasteiger partial charge in [-0.2, -0.15) is 5.10 Å². The fraction of sp³-hybridized carbons (Fsp3) is 0.316. The van der Waals surface area contributed by atoms with Crippen molar-refractivity contribution in [2.45, 2.75) is 18.9 Å². The van der Waals surface area contributed by atoms with Crippen LogP contribution in [0.25, 0.3) is 22.2 Å². The van der Waals surface area contributed by atoms with Gasteiger partial charge in [0.2, 0.25) is 0 Å². The molecule has 1 aliphatic heterocycles. The average molecular weight is 336 g/mol. The van der Waals surface area contributed by atoms with E-state index in [1.54, 1.807) is 0 Å². The van der Waals surface area contributed by atoms with Crippen molar-refractivity contribution in [3.63, 3.8) is 0 Å². The van der Waals surface area contributed by atoms with Crippen molar-refractivity contribution in [3.05, 3.63) is 48.8 Å². The van der Waals surface area contributed by atoms with E-state index in [0.717, 1.165) is 48.1 Å². The molecule has 1 saturated heterocycles. The summed E-state index contributed by atoms with van der Waals surface area (Å²) < 4.78 is 2.00. The number of para-hydroxylation sites is 1. The first-order valence-corrected chi connectivity index (χ1v) is 8.53. The Bertz CT molecular complexity index is 897. The van der Waals surface area contributed by atoms with Gasteiger partial charge in [0.05, 0.1) is 30.0 Å². The van der Waals surface area contributed by atoms with Gasteiger partial charge in [-0.15, -0.1) is 0 Å². The second kappa shape index (κ2) is 6.64. The second-order valence-electron chi connectivity index (χ2n) is 6.50. The number of carboxylic acids is 1. The first-order chi connectivity index (χ1) is 12.2. The largest absolute Gasteiger partial charge is 0.480 e. The highest BCUT2D eigenvalue weighted by molar-refractivity contribution is 5.81. The molecule has 1 fully saturated rings. The zero-order chi connectivity index (χ0) is 17.2. The predicted molar refractivity (Wildman–Crippen MR) is 95.3 cm³/mol. The molecule has 0 unspecified atom stereocenters. The van der Waals surface area contributed by atoms with Gasteiger partial charge in [0.15, 0.2) is 0 Å². The van der Waals surface area contributed by atoms with Crippen LogP contribution in [0.4, 0.5) is 0 Å². The summed E-state index contributed by atoms with van der Waals surface area (Å²) >= 11 is 0. The van der Waals surface area contributed by atoms with Crippen LogP contribution in [0.5, 0.6) is 0 Å². The Kier molecular flexibility index (Phi) is 4.19. The number of likely N-dealkylation sites (tertiary alicyclic amines) is 1. The number of pyridine rings is 1. The van der Waals surface area contributed by atoms with Crippen LogP contribution in [0.1, 0.15) is 18.9 Å².